The highest BCUT2D eigenvalue weighted by Gasteiger charge is 2.12. The van der Waals surface area contributed by atoms with Crippen molar-refractivity contribution in [1.82, 2.24) is 0 Å². The molecule has 0 bridgehead atoms. The lowest BCUT2D eigenvalue weighted by molar-refractivity contribution is 0.941. The van der Waals surface area contributed by atoms with E-state index < -0.39 is 0 Å². The van der Waals surface area contributed by atoms with E-state index in [1.807, 2.05) is 0 Å². The molecule has 0 aromatic heterocycles. The average Bonchev–Trinajstić information content (AvgIpc) is 2.28. The largest absolute Gasteiger partial charge is 0.0835 e. The van der Waals surface area contributed by atoms with Crippen LogP contribution in [0.2, 0.25) is 0 Å². The van der Waals surface area contributed by atoms with Gasteiger partial charge < -0.3 is 0 Å². The lowest BCUT2D eigenvalue weighted by Gasteiger charge is -2.13. The number of hydrogen-bond donors (Lipinski definition) is 0. The number of halogens is 3. The molecule has 0 aliphatic carbocycles. The molecule has 1 unspecified atom stereocenters. The summed E-state index contributed by atoms with van der Waals surface area (Å²) in [4.78, 5) is 0.321. The first-order valence-electron chi connectivity index (χ1n) is 5.71. The topological polar surface area (TPSA) is 0 Å². The lowest BCUT2D eigenvalue weighted by Crippen LogP contribution is -1.97. The van der Waals surface area contributed by atoms with Crippen molar-refractivity contribution in [3.63, 3.8) is 0 Å². The Morgan fingerprint density at radius 1 is 1.06 bits per heavy atom. The van der Waals surface area contributed by atoms with Gasteiger partial charge in [0.25, 0.3) is 0 Å². The predicted molar refractivity (Wildman–Crippen MR) is 88.4 cm³/mol. The van der Waals surface area contributed by atoms with Crippen molar-refractivity contribution in [1.29, 1.82) is 0 Å². The molecule has 1 atom stereocenters. The molecular formula is C15H13Br3. The number of rotatable bonds is 3. The number of aryl methyl sites for hydroxylation is 1. The second kappa shape index (κ2) is 6.36. The van der Waals surface area contributed by atoms with E-state index in [2.05, 4.69) is 97.2 Å². The molecule has 0 fully saturated rings. The first-order chi connectivity index (χ1) is 8.56. The third-order valence-corrected chi connectivity index (χ3v) is 4.79. The molecule has 0 saturated heterocycles. The Labute approximate surface area is 133 Å². The zero-order valence-corrected chi connectivity index (χ0v) is 14.7. The summed E-state index contributed by atoms with van der Waals surface area (Å²) in [7, 11) is 0. The van der Waals surface area contributed by atoms with Crippen molar-refractivity contribution < 1.29 is 0 Å². The van der Waals surface area contributed by atoms with Gasteiger partial charge >= 0.3 is 0 Å². The first-order valence-corrected chi connectivity index (χ1v) is 8.21. The molecule has 0 heterocycles. The molecular weight excluding hydrogens is 420 g/mol. The van der Waals surface area contributed by atoms with Crippen molar-refractivity contribution >= 4 is 47.8 Å². The van der Waals surface area contributed by atoms with Gasteiger partial charge in [-0.1, -0.05) is 72.1 Å². The van der Waals surface area contributed by atoms with Crippen molar-refractivity contribution in [2.45, 2.75) is 18.2 Å². The van der Waals surface area contributed by atoms with Crippen LogP contribution in [0.5, 0.6) is 0 Å². The Bertz CT molecular complexity index is 549. The molecule has 0 radical (unpaired) electrons. The molecule has 18 heavy (non-hydrogen) atoms. The molecule has 2 aromatic carbocycles. The Hall–Kier alpha value is -0.120. The van der Waals surface area contributed by atoms with Gasteiger partial charge in [0.2, 0.25) is 0 Å². The molecule has 3 heteroatoms. The minimum atomic E-state index is 0.321. The molecule has 0 amide bonds. The Kier molecular flexibility index (Phi) is 5.05. The van der Waals surface area contributed by atoms with Crippen molar-refractivity contribution in [3.05, 3.63) is 68.1 Å². The number of alkyl halides is 1. The van der Waals surface area contributed by atoms with Gasteiger partial charge in [0.05, 0.1) is 0 Å². The molecule has 0 aliphatic rings. The molecule has 2 aromatic rings. The standard InChI is InChI=1S/C15H13Br3/c1-10-5-6-13(14(17)7-10)15(18)9-11-3-2-4-12(16)8-11/h2-8,15H,9H2,1H3. The fourth-order valence-corrected chi connectivity index (χ4v) is 4.16. The summed E-state index contributed by atoms with van der Waals surface area (Å²) in [5.41, 5.74) is 3.88. The molecule has 0 N–H and O–H groups in total. The Morgan fingerprint density at radius 2 is 1.83 bits per heavy atom. The highest BCUT2D eigenvalue weighted by molar-refractivity contribution is 9.11. The molecule has 2 rings (SSSR count). The van der Waals surface area contributed by atoms with Crippen LogP contribution in [0.3, 0.4) is 0 Å². The van der Waals surface area contributed by atoms with Gasteiger partial charge in [0, 0.05) is 13.8 Å². The SMILES string of the molecule is Cc1ccc(C(Br)Cc2cccc(Br)c2)c(Br)c1. The highest BCUT2D eigenvalue weighted by Crippen LogP contribution is 2.33. The van der Waals surface area contributed by atoms with Crippen LogP contribution >= 0.6 is 47.8 Å². The van der Waals surface area contributed by atoms with E-state index >= 15 is 0 Å². The van der Waals surface area contributed by atoms with Crippen molar-refractivity contribution in [3.8, 4) is 0 Å². The maximum atomic E-state index is 3.78. The second-order valence-corrected chi connectivity index (χ2v) is 7.20. The van der Waals surface area contributed by atoms with Gasteiger partial charge in [-0.05, 0) is 48.2 Å². The summed E-state index contributed by atoms with van der Waals surface area (Å²) in [6, 6.07) is 14.9. The van der Waals surface area contributed by atoms with E-state index in [1.54, 1.807) is 0 Å². The highest BCUT2D eigenvalue weighted by atomic mass is 79.9. The van der Waals surface area contributed by atoms with Crippen molar-refractivity contribution in [2.75, 3.05) is 0 Å². The van der Waals surface area contributed by atoms with Gasteiger partial charge in [-0.2, -0.15) is 0 Å². The van der Waals surface area contributed by atoms with Crippen LogP contribution in [0.4, 0.5) is 0 Å². The van der Waals surface area contributed by atoms with Crippen LogP contribution in [-0.2, 0) is 6.42 Å². The second-order valence-electron chi connectivity index (χ2n) is 4.33. The Balaban J connectivity index is 2.19. The van der Waals surface area contributed by atoms with Crippen LogP contribution in [0, 0.1) is 6.92 Å². The van der Waals surface area contributed by atoms with E-state index in [1.165, 1.54) is 21.2 Å². The molecule has 0 nitrogen and oxygen atoms in total. The fraction of sp³-hybridized carbons (Fsp3) is 0.200. The zero-order valence-electron chi connectivity index (χ0n) is 9.96. The minimum Gasteiger partial charge on any atom is -0.0835 e. The molecule has 0 aliphatic heterocycles. The third-order valence-electron chi connectivity index (χ3n) is 2.80. The Morgan fingerprint density at radius 3 is 2.50 bits per heavy atom. The average molecular weight is 433 g/mol. The van der Waals surface area contributed by atoms with E-state index in [0.717, 1.165) is 10.9 Å². The van der Waals surface area contributed by atoms with E-state index in [0.29, 0.717) is 4.83 Å². The summed E-state index contributed by atoms with van der Waals surface area (Å²) in [5, 5.41) is 0. The van der Waals surface area contributed by atoms with Crippen LogP contribution in [0.1, 0.15) is 21.5 Å². The van der Waals surface area contributed by atoms with Crippen LogP contribution in [0.25, 0.3) is 0 Å². The first kappa shape index (κ1) is 14.3. The fourth-order valence-electron chi connectivity index (χ4n) is 1.87. The van der Waals surface area contributed by atoms with Gasteiger partial charge in [0.15, 0.2) is 0 Å². The predicted octanol–water partition coefficient (Wildman–Crippen LogP) is 6.20. The van der Waals surface area contributed by atoms with Gasteiger partial charge in [-0.3, -0.25) is 0 Å². The van der Waals surface area contributed by atoms with Gasteiger partial charge in [-0.25, -0.2) is 0 Å². The maximum absolute atomic E-state index is 3.78. The van der Waals surface area contributed by atoms with Crippen LogP contribution < -0.4 is 0 Å². The summed E-state index contributed by atoms with van der Waals surface area (Å²) < 4.78 is 2.29. The van der Waals surface area contributed by atoms with Gasteiger partial charge in [0.1, 0.15) is 0 Å². The van der Waals surface area contributed by atoms with E-state index in [-0.39, 0.29) is 0 Å². The normalized spacial score (nSPS) is 12.4. The molecule has 0 saturated carbocycles. The van der Waals surface area contributed by atoms with E-state index in [9.17, 15) is 0 Å². The smallest absolute Gasteiger partial charge is 0.0446 e. The number of hydrogen-bond acceptors (Lipinski definition) is 0. The summed E-state index contributed by atoms with van der Waals surface area (Å²) in [6.07, 6.45) is 0.973. The summed E-state index contributed by atoms with van der Waals surface area (Å²) >= 11 is 10.9. The quantitative estimate of drug-likeness (QED) is 0.506. The lowest BCUT2D eigenvalue weighted by atomic mass is 10.0. The summed E-state index contributed by atoms with van der Waals surface area (Å²) in [6.45, 7) is 2.10. The maximum Gasteiger partial charge on any atom is 0.0446 e. The summed E-state index contributed by atoms with van der Waals surface area (Å²) in [5.74, 6) is 0. The van der Waals surface area contributed by atoms with E-state index in [4.69, 9.17) is 0 Å². The molecule has 0 spiro atoms. The minimum absolute atomic E-state index is 0.321. The zero-order chi connectivity index (χ0) is 13.1. The van der Waals surface area contributed by atoms with Gasteiger partial charge in [-0.15, -0.1) is 0 Å². The van der Waals surface area contributed by atoms with Crippen LogP contribution in [0.15, 0.2) is 51.4 Å². The molecule has 94 valence electrons. The van der Waals surface area contributed by atoms with Crippen LogP contribution in [-0.4, -0.2) is 0 Å². The number of benzene rings is 2. The third kappa shape index (κ3) is 3.69. The monoisotopic (exact) mass is 430 g/mol. The van der Waals surface area contributed by atoms with Crippen molar-refractivity contribution in [2.24, 2.45) is 0 Å².